The Labute approximate surface area is 152 Å². The molecule has 0 saturated heterocycles. The largest absolute Gasteiger partial charge is 0.508 e. The molecule has 0 atom stereocenters. The van der Waals surface area contributed by atoms with Crippen molar-refractivity contribution in [2.24, 2.45) is 5.92 Å². The van der Waals surface area contributed by atoms with E-state index >= 15 is 0 Å². The normalized spacial score (nSPS) is 16.8. The number of amides is 1. The zero-order valence-electron chi connectivity index (χ0n) is 14.5. The lowest BCUT2D eigenvalue weighted by Crippen LogP contribution is -2.20. The number of phenolic OH excluding ortho intramolecular Hbond substituents is 1. The molecule has 0 bridgehead atoms. The first kappa shape index (κ1) is 18.0. The smallest absolute Gasteiger partial charge is 0.255 e. The third-order valence-electron chi connectivity index (χ3n) is 4.58. The summed E-state index contributed by atoms with van der Waals surface area (Å²) in [5, 5.41) is 12.1. The lowest BCUT2D eigenvalue weighted by Gasteiger charge is -2.24. The van der Waals surface area contributed by atoms with Gasteiger partial charge in [0, 0.05) is 11.8 Å². The van der Waals surface area contributed by atoms with Crippen LogP contribution in [0.5, 0.6) is 11.5 Å². The first-order valence-corrected chi connectivity index (χ1v) is 8.76. The molecule has 0 radical (unpaired) electrons. The van der Waals surface area contributed by atoms with Gasteiger partial charge in [0.15, 0.2) is 0 Å². The highest BCUT2D eigenvalue weighted by molar-refractivity contribution is 5.94. The van der Waals surface area contributed by atoms with Gasteiger partial charge < -0.3 is 15.2 Å². The molecule has 1 fully saturated rings. The number of benzene rings is 2. The molecule has 136 valence electrons. The summed E-state index contributed by atoms with van der Waals surface area (Å²) in [7, 11) is 0. The van der Waals surface area contributed by atoms with E-state index in [4.69, 9.17) is 4.74 Å². The molecule has 0 aromatic heterocycles. The molecular formula is C21H22FNO3. The van der Waals surface area contributed by atoms with Crippen molar-refractivity contribution in [3.05, 3.63) is 71.7 Å². The molecular weight excluding hydrogens is 333 g/mol. The van der Waals surface area contributed by atoms with Crippen LogP contribution in [0, 0.1) is 11.7 Å². The van der Waals surface area contributed by atoms with Crippen molar-refractivity contribution in [2.45, 2.75) is 25.7 Å². The minimum absolute atomic E-state index is 0.140. The second kappa shape index (κ2) is 8.52. The van der Waals surface area contributed by atoms with Crippen molar-refractivity contribution in [1.29, 1.82) is 0 Å². The number of phenols is 1. The fraction of sp³-hybridized carbons (Fsp3) is 0.286. The molecule has 2 aromatic rings. The lowest BCUT2D eigenvalue weighted by atomic mass is 9.87. The van der Waals surface area contributed by atoms with E-state index in [0.717, 1.165) is 25.7 Å². The molecule has 4 nitrogen and oxygen atoms in total. The second-order valence-corrected chi connectivity index (χ2v) is 6.53. The number of allylic oxidation sites excluding steroid dienone is 1. The predicted molar refractivity (Wildman–Crippen MR) is 97.5 cm³/mol. The number of rotatable bonds is 5. The van der Waals surface area contributed by atoms with E-state index in [2.05, 4.69) is 5.32 Å². The van der Waals surface area contributed by atoms with E-state index in [1.165, 1.54) is 29.8 Å². The predicted octanol–water partition coefficient (Wildman–Crippen LogP) is 4.41. The summed E-state index contributed by atoms with van der Waals surface area (Å²) in [5.41, 5.74) is 1.73. The average Bonchev–Trinajstić information content (AvgIpc) is 2.67. The monoisotopic (exact) mass is 355 g/mol. The van der Waals surface area contributed by atoms with Crippen LogP contribution in [0.4, 0.5) is 4.39 Å². The van der Waals surface area contributed by atoms with Crippen LogP contribution < -0.4 is 10.1 Å². The Morgan fingerprint density at radius 1 is 1.12 bits per heavy atom. The minimum atomic E-state index is -0.265. The molecule has 2 aromatic carbocycles. The molecule has 1 aliphatic rings. The molecule has 1 amide bonds. The van der Waals surface area contributed by atoms with Gasteiger partial charge in [-0.2, -0.15) is 0 Å². The summed E-state index contributed by atoms with van der Waals surface area (Å²) in [6.45, 7) is 0.624. The Morgan fingerprint density at radius 2 is 1.77 bits per heavy atom. The highest BCUT2D eigenvalue weighted by Crippen LogP contribution is 2.28. The van der Waals surface area contributed by atoms with Crippen LogP contribution in [0.2, 0.25) is 0 Å². The van der Waals surface area contributed by atoms with Crippen LogP contribution in [0.15, 0.2) is 60.3 Å². The van der Waals surface area contributed by atoms with Gasteiger partial charge in [0.1, 0.15) is 17.3 Å². The molecule has 3 rings (SSSR count). The van der Waals surface area contributed by atoms with Gasteiger partial charge in [-0.25, -0.2) is 4.39 Å². The van der Waals surface area contributed by atoms with Crippen LogP contribution >= 0.6 is 0 Å². The molecule has 26 heavy (non-hydrogen) atoms. The number of aromatic hydroxyl groups is 1. The van der Waals surface area contributed by atoms with E-state index in [-0.39, 0.29) is 17.5 Å². The van der Waals surface area contributed by atoms with E-state index in [1.807, 2.05) is 0 Å². The summed E-state index contributed by atoms with van der Waals surface area (Å²) in [6.07, 6.45) is 5.65. The SMILES string of the molecule is O=C(NC=C1CCC(COc2ccc(F)cc2)CC1)c1ccc(O)cc1. The Balaban J connectivity index is 1.42. The van der Waals surface area contributed by atoms with Crippen molar-refractivity contribution in [2.75, 3.05) is 6.61 Å². The summed E-state index contributed by atoms with van der Waals surface area (Å²) < 4.78 is 18.6. The molecule has 0 aliphatic heterocycles. The van der Waals surface area contributed by atoms with Gasteiger partial charge in [-0.05, 0) is 80.1 Å². The van der Waals surface area contributed by atoms with Gasteiger partial charge in [-0.1, -0.05) is 5.57 Å². The minimum Gasteiger partial charge on any atom is -0.508 e. The van der Waals surface area contributed by atoms with Crippen molar-refractivity contribution in [1.82, 2.24) is 5.32 Å². The number of ether oxygens (including phenoxy) is 1. The molecule has 0 heterocycles. The van der Waals surface area contributed by atoms with Crippen LogP contribution in [-0.4, -0.2) is 17.6 Å². The fourth-order valence-electron chi connectivity index (χ4n) is 2.97. The number of carbonyl (C=O) groups excluding carboxylic acids is 1. The van der Waals surface area contributed by atoms with Gasteiger partial charge in [0.2, 0.25) is 0 Å². The Hall–Kier alpha value is -2.82. The van der Waals surface area contributed by atoms with E-state index in [9.17, 15) is 14.3 Å². The van der Waals surface area contributed by atoms with Crippen molar-refractivity contribution in [3.8, 4) is 11.5 Å². The van der Waals surface area contributed by atoms with Gasteiger partial charge >= 0.3 is 0 Å². The summed E-state index contributed by atoms with van der Waals surface area (Å²) in [4.78, 5) is 12.1. The fourth-order valence-corrected chi connectivity index (χ4v) is 2.97. The van der Waals surface area contributed by atoms with Crippen LogP contribution in [0.3, 0.4) is 0 Å². The zero-order valence-corrected chi connectivity index (χ0v) is 14.5. The third-order valence-corrected chi connectivity index (χ3v) is 4.58. The van der Waals surface area contributed by atoms with Crippen molar-refractivity contribution < 1.29 is 19.0 Å². The molecule has 5 heteroatoms. The Kier molecular flexibility index (Phi) is 5.89. The van der Waals surface area contributed by atoms with E-state index in [0.29, 0.717) is 23.8 Å². The standard InChI is InChI=1S/C21H22FNO3/c22-18-7-11-20(12-8-18)26-14-16-3-1-15(2-4-16)13-23-21(25)17-5-9-19(24)10-6-17/h5-13,16,24H,1-4,14H2,(H,23,25). The average molecular weight is 355 g/mol. The Bertz CT molecular complexity index is 759. The van der Waals surface area contributed by atoms with Gasteiger partial charge in [-0.3, -0.25) is 4.79 Å². The zero-order chi connectivity index (χ0) is 18.4. The lowest BCUT2D eigenvalue weighted by molar-refractivity contribution is 0.0969. The highest BCUT2D eigenvalue weighted by atomic mass is 19.1. The number of hydrogen-bond donors (Lipinski definition) is 2. The first-order valence-electron chi connectivity index (χ1n) is 8.76. The van der Waals surface area contributed by atoms with Crippen LogP contribution in [-0.2, 0) is 0 Å². The maximum Gasteiger partial charge on any atom is 0.255 e. The molecule has 1 aliphatic carbocycles. The number of carbonyl (C=O) groups is 1. The van der Waals surface area contributed by atoms with E-state index in [1.54, 1.807) is 30.5 Å². The topological polar surface area (TPSA) is 58.6 Å². The second-order valence-electron chi connectivity index (χ2n) is 6.53. The summed E-state index contributed by atoms with van der Waals surface area (Å²) in [5.74, 6) is 0.846. The molecule has 0 spiro atoms. The molecule has 0 unspecified atom stereocenters. The van der Waals surface area contributed by atoms with Gasteiger partial charge in [0.25, 0.3) is 5.91 Å². The maximum absolute atomic E-state index is 12.9. The summed E-state index contributed by atoms with van der Waals surface area (Å²) >= 11 is 0. The van der Waals surface area contributed by atoms with Crippen molar-refractivity contribution in [3.63, 3.8) is 0 Å². The Morgan fingerprint density at radius 3 is 2.42 bits per heavy atom. The first-order chi connectivity index (χ1) is 12.6. The van der Waals surface area contributed by atoms with Gasteiger partial charge in [0.05, 0.1) is 6.61 Å². The van der Waals surface area contributed by atoms with Crippen LogP contribution in [0.1, 0.15) is 36.0 Å². The van der Waals surface area contributed by atoms with E-state index < -0.39 is 0 Å². The maximum atomic E-state index is 12.9. The number of halogens is 1. The highest BCUT2D eigenvalue weighted by Gasteiger charge is 2.17. The van der Waals surface area contributed by atoms with Crippen LogP contribution in [0.25, 0.3) is 0 Å². The molecule has 1 saturated carbocycles. The number of hydrogen-bond acceptors (Lipinski definition) is 3. The summed E-state index contributed by atoms with van der Waals surface area (Å²) in [6, 6.07) is 12.2. The quantitative estimate of drug-likeness (QED) is 0.835. The third kappa shape index (κ3) is 5.09. The van der Waals surface area contributed by atoms with Crippen molar-refractivity contribution >= 4 is 5.91 Å². The number of nitrogens with one attached hydrogen (secondary N) is 1. The van der Waals surface area contributed by atoms with Gasteiger partial charge in [-0.15, -0.1) is 0 Å². The molecule has 2 N–H and O–H groups in total.